The van der Waals surface area contributed by atoms with E-state index < -0.39 is 15.9 Å². The first-order valence-electron chi connectivity index (χ1n) is 8.78. The second kappa shape index (κ2) is 8.72. The third kappa shape index (κ3) is 5.08. The van der Waals surface area contributed by atoms with Crippen molar-refractivity contribution < 1.29 is 22.7 Å². The minimum absolute atomic E-state index is 0.311. The van der Waals surface area contributed by atoms with Gasteiger partial charge in [-0.25, -0.2) is 13.4 Å². The Balaban J connectivity index is 1.81. The summed E-state index contributed by atoms with van der Waals surface area (Å²) in [4.78, 5) is 17.1. The monoisotopic (exact) mass is 447 g/mol. The number of carbonyl (C=O) groups is 1. The van der Waals surface area contributed by atoms with Crippen molar-refractivity contribution in [2.75, 3.05) is 30.5 Å². The molecular weight excluding hydrogens is 426 g/mol. The molecule has 0 aliphatic rings. The lowest BCUT2D eigenvalue weighted by Crippen LogP contribution is -2.14. The van der Waals surface area contributed by atoms with E-state index in [1.54, 1.807) is 45.4 Å². The average Bonchev–Trinajstić information content (AvgIpc) is 3.16. The molecule has 10 heteroatoms. The van der Waals surface area contributed by atoms with Crippen LogP contribution in [-0.4, -0.2) is 39.8 Å². The largest absolute Gasteiger partial charge is 0.497 e. The highest BCUT2D eigenvalue weighted by atomic mass is 32.2. The number of benzene rings is 2. The van der Waals surface area contributed by atoms with Gasteiger partial charge >= 0.3 is 0 Å². The number of aromatic nitrogens is 1. The van der Waals surface area contributed by atoms with Gasteiger partial charge < -0.3 is 9.47 Å². The van der Waals surface area contributed by atoms with Gasteiger partial charge in [0.15, 0.2) is 5.13 Å². The van der Waals surface area contributed by atoms with Crippen molar-refractivity contribution in [3.8, 4) is 22.8 Å². The van der Waals surface area contributed by atoms with Gasteiger partial charge in [0.25, 0.3) is 5.91 Å². The van der Waals surface area contributed by atoms with Gasteiger partial charge in [-0.05, 0) is 36.8 Å². The number of thiazole rings is 1. The van der Waals surface area contributed by atoms with Gasteiger partial charge in [-0.3, -0.25) is 14.8 Å². The number of rotatable bonds is 7. The molecule has 0 saturated heterocycles. The first-order valence-corrected chi connectivity index (χ1v) is 11.5. The van der Waals surface area contributed by atoms with Crippen LogP contribution in [0.2, 0.25) is 0 Å². The lowest BCUT2D eigenvalue weighted by atomic mass is 10.1. The Kier molecular flexibility index (Phi) is 6.28. The molecule has 1 amide bonds. The SMILES string of the molecule is COc1ccc(-c2csc(NC(=O)c3ccc(C)c(NS(C)(=O)=O)c3)n2)c(OC)c1. The van der Waals surface area contributed by atoms with E-state index in [9.17, 15) is 13.2 Å². The lowest BCUT2D eigenvalue weighted by molar-refractivity contribution is 0.102. The molecule has 3 aromatic rings. The second-order valence-electron chi connectivity index (χ2n) is 6.46. The Bertz CT molecular complexity index is 1190. The number of hydrogen-bond donors (Lipinski definition) is 2. The van der Waals surface area contributed by atoms with Crippen LogP contribution in [0.3, 0.4) is 0 Å². The van der Waals surface area contributed by atoms with E-state index in [-0.39, 0.29) is 0 Å². The van der Waals surface area contributed by atoms with Crippen LogP contribution in [0, 0.1) is 6.92 Å². The molecule has 158 valence electrons. The van der Waals surface area contributed by atoms with Gasteiger partial charge in [0.2, 0.25) is 10.0 Å². The number of nitrogens with zero attached hydrogens (tertiary/aromatic N) is 1. The molecular formula is C20H21N3O5S2. The molecule has 0 bridgehead atoms. The third-order valence-corrected chi connectivity index (χ3v) is 5.55. The van der Waals surface area contributed by atoms with Gasteiger partial charge in [-0.2, -0.15) is 0 Å². The number of aryl methyl sites for hydroxylation is 1. The number of anilines is 2. The zero-order chi connectivity index (χ0) is 21.9. The van der Waals surface area contributed by atoms with Gasteiger partial charge in [-0.15, -0.1) is 11.3 Å². The normalized spacial score (nSPS) is 11.1. The highest BCUT2D eigenvalue weighted by Crippen LogP contribution is 2.35. The van der Waals surface area contributed by atoms with E-state index in [0.29, 0.717) is 39.1 Å². The molecule has 1 heterocycles. The molecule has 0 unspecified atom stereocenters. The molecule has 30 heavy (non-hydrogen) atoms. The highest BCUT2D eigenvalue weighted by molar-refractivity contribution is 7.92. The predicted molar refractivity (Wildman–Crippen MR) is 118 cm³/mol. The molecule has 0 spiro atoms. The average molecular weight is 448 g/mol. The number of hydrogen-bond acceptors (Lipinski definition) is 7. The van der Waals surface area contributed by atoms with Crippen LogP contribution in [0.15, 0.2) is 41.8 Å². The van der Waals surface area contributed by atoms with Crippen molar-refractivity contribution in [2.24, 2.45) is 0 Å². The lowest BCUT2D eigenvalue weighted by Gasteiger charge is -2.10. The first kappa shape index (κ1) is 21.6. The summed E-state index contributed by atoms with van der Waals surface area (Å²) in [5.41, 5.74) is 2.79. The minimum atomic E-state index is -3.45. The predicted octanol–water partition coefficient (Wildman–Crippen LogP) is 3.76. The summed E-state index contributed by atoms with van der Waals surface area (Å²) in [6.07, 6.45) is 1.06. The number of sulfonamides is 1. The Hall–Kier alpha value is -3.11. The van der Waals surface area contributed by atoms with E-state index in [0.717, 1.165) is 11.8 Å². The second-order valence-corrected chi connectivity index (χ2v) is 9.07. The zero-order valence-electron chi connectivity index (χ0n) is 16.8. The molecule has 2 N–H and O–H groups in total. The fourth-order valence-electron chi connectivity index (χ4n) is 2.71. The van der Waals surface area contributed by atoms with E-state index in [1.807, 2.05) is 11.4 Å². The smallest absolute Gasteiger partial charge is 0.257 e. The summed E-state index contributed by atoms with van der Waals surface area (Å²) in [6, 6.07) is 10.2. The zero-order valence-corrected chi connectivity index (χ0v) is 18.5. The molecule has 8 nitrogen and oxygen atoms in total. The fourth-order valence-corrected chi connectivity index (χ4v) is 4.03. The van der Waals surface area contributed by atoms with E-state index in [1.165, 1.54) is 17.4 Å². The number of carbonyl (C=O) groups excluding carboxylic acids is 1. The number of nitrogens with one attached hydrogen (secondary N) is 2. The minimum Gasteiger partial charge on any atom is -0.497 e. The Morgan fingerprint density at radius 1 is 1.10 bits per heavy atom. The van der Waals surface area contributed by atoms with E-state index >= 15 is 0 Å². The maximum atomic E-state index is 12.6. The summed E-state index contributed by atoms with van der Waals surface area (Å²) in [6.45, 7) is 1.75. The Morgan fingerprint density at radius 2 is 1.87 bits per heavy atom. The van der Waals surface area contributed by atoms with Crippen molar-refractivity contribution in [1.82, 2.24) is 4.98 Å². The molecule has 2 aromatic carbocycles. The standard InChI is InChI=1S/C20H21N3O5S2/c1-12-5-6-13(9-16(12)23-30(4,25)26)19(24)22-20-21-17(11-29-20)15-8-7-14(27-2)10-18(15)28-3/h5-11,23H,1-4H3,(H,21,22,24). The van der Waals surface area contributed by atoms with Crippen LogP contribution < -0.4 is 19.5 Å². The van der Waals surface area contributed by atoms with Crippen molar-refractivity contribution >= 4 is 38.1 Å². The molecule has 0 radical (unpaired) electrons. The summed E-state index contributed by atoms with van der Waals surface area (Å²) >= 11 is 1.27. The third-order valence-electron chi connectivity index (χ3n) is 4.20. The maximum Gasteiger partial charge on any atom is 0.257 e. The van der Waals surface area contributed by atoms with Crippen LogP contribution in [0.25, 0.3) is 11.3 Å². The van der Waals surface area contributed by atoms with E-state index in [4.69, 9.17) is 9.47 Å². The molecule has 3 rings (SSSR count). The van der Waals surface area contributed by atoms with Gasteiger partial charge in [-0.1, -0.05) is 6.07 Å². The molecule has 0 aliphatic carbocycles. The Morgan fingerprint density at radius 3 is 2.53 bits per heavy atom. The summed E-state index contributed by atoms with van der Waals surface area (Å²) < 4.78 is 36.1. The van der Waals surface area contributed by atoms with Crippen LogP contribution in [-0.2, 0) is 10.0 Å². The van der Waals surface area contributed by atoms with Crippen LogP contribution in [0.4, 0.5) is 10.8 Å². The van der Waals surface area contributed by atoms with E-state index in [2.05, 4.69) is 15.0 Å². The van der Waals surface area contributed by atoms with Crippen molar-refractivity contribution in [1.29, 1.82) is 0 Å². The summed E-state index contributed by atoms with van der Waals surface area (Å²) in [7, 11) is -0.314. The molecule has 0 atom stereocenters. The van der Waals surface area contributed by atoms with Crippen LogP contribution >= 0.6 is 11.3 Å². The van der Waals surface area contributed by atoms with Crippen LogP contribution in [0.5, 0.6) is 11.5 Å². The Labute approximate surface area is 178 Å². The number of amides is 1. The molecule has 0 aliphatic heterocycles. The van der Waals surface area contributed by atoms with Crippen molar-refractivity contribution in [3.63, 3.8) is 0 Å². The molecule has 1 aromatic heterocycles. The van der Waals surface area contributed by atoms with Crippen molar-refractivity contribution in [2.45, 2.75) is 6.92 Å². The first-order chi connectivity index (χ1) is 14.2. The fraction of sp³-hybridized carbons (Fsp3) is 0.200. The van der Waals surface area contributed by atoms with Gasteiger partial charge in [0, 0.05) is 22.6 Å². The topological polar surface area (TPSA) is 107 Å². The molecule has 0 fully saturated rings. The highest BCUT2D eigenvalue weighted by Gasteiger charge is 2.15. The quantitative estimate of drug-likeness (QED) is 0.571. The molecule has 0 saturated carbocycles. The van der Waals surface area contributed by atoms with Gasteiger partial charge in [0.05, 0.1) is 31.9 Å². The van der Waals surface area contributed by atoms with Crippen LogP contribution in [0.1, 0.15) is 15.9 Å². The summed E-state index contributed by atoms with van der Waals surface area (Å²) in [5.74, 6) is 0.874. The number of methoxy groups -OCH3 is 2. The van der Waals surface area contributed by atoms with Gasteiger partial charge in [0.1, 0.15) is 11.5 Å². The summed E-state index contributed by atoms with van der Waals surface area (Å²) in [5, 5.41) is 4.96. The number of ether oxygens (including phenoxy) is 2. The maximum absolute atomic E-state index is 12.6. The van der Waals surface area contributed by atoms with Crippen molar-refractivity contribution in [3.05, 3.63) is 52.9 Å².